The summed E-state index contributed by atoms with van der Waals surface area (Å²) in [6.45, 7) is 0.201. The zero-order valence-electron chi connectivity index (χ0n) is 26.1. The van der Waals surface area contributed by atoms with Gasteiger partial charge in [0.2, 0.25) is 23.6 Å². The van der Waals surface area contributed by atoms with Crippen LogP contribution in [0.2, 0.25) is 5.02 Å². The van der Waals surface area contributed by atoms with Gasteiger partial charge in [-0.15, -0.1) is 0 Å². The second-order valence-electron chi connectivity index (χ2n) is 13.2. The minimum atomic E-state index is -1.45. The number of amides is 4. The number of aliphatic carboxylic acids is 1. The molecule has 246 valence electrons. The number of halogens is 1. The Morgan fingerprint density at radius 2 is 1.60 bits per heavy atom. The molecular weight excluding hydrogens is 632 g/mol. The van der Waals surface area contributed by atoms with Crippen molar-refractivity contribution in [2.45, 2.75) is 49.9 Å². The number of carbonyl (C=O) groups excluding carboxylic acids is 4. The molecule has 2 aliphatic carbocycles. The van der Waals surface area contributed by atoms with E-state index < -0.39 is 52.8 Å². The normalized spacial score (nSPS) is 27.9. The third kappa shape index (κ3) is 4.86. The van der Waals surface area contributed by atoms with E-state index in [1.807, 2.05) is 36.4 Å². The molecule has 3 aromatic rings. The van der Waals surface area contributed by atoms with Crippen LogP contribution in [0.1, 0.15) is 55.6 Å². The monoisotopic (exact) mass is 666 g/mol. The van der Waals surface area contributed by atoms with Gasteiger partial charge in [0.1, 0.15) is 5.75 Å². The number of carboxylic acid groups (broad SMARTS) is 1. The molecule has 4 aliphatic rings. The van der Waals surface area contributed by atoms with Crippen LogP contribution < -0.4 is 4.90 Å². The van der Waals surface area contributed by atoms with E-state index in [-0.39, 0.29) is 43.4 Å². The molecule has 9 nitrogen and oxygen atoms in total. The van der Waals surface area contributed by atoms with Crippen molar-refractivity contribution in [1.29, 1.82) is 0 Å². The molecule has 0 aromatic heterocycles. The molecule has 4 amide bonds. The number of para-hydroxylation sites is 1. The number of anilines is 1. The minimum Gasteiger partial charge on any atom is -0.508 e. The largest absolute Gasteiger partial charge is 0.508 e. The standard InChI is InChI=1S/C38H35ClN2O7/c39-23-12-9-13-24(20-23)41-35(46)29-21-28-25(17-18-27-32(28)36(47)40(34(27)45)19-8-2-5-16-31(43)44)33(26-14-6-7-15-30(26)42)38(29,37(41)48)22-10-3-1-4-11-22/h1,3-4,6-7,9-15,17,20,27-29,32-33,42H,2,5,8,16,18-19,21H2,(H,43,44). The van der Waals surface area contributed by atoms with Crippen LogP contribution in [0.3, 0.4) is 0 Å². The van der Waals surface area contributed by atoms with Crippen LogP contribution in [0.4, 0.5) is 5.69 Å². The number of nitrogens with zero attached hydrogens (tertiary/aromatic N) is 2. The zero-order chi connectivity index (χ0) is 33.7. The number of allylic oxidation sites excluding steroid dienone is 2. The number of carboxylic acids is 1. The number of aromatic hydroxyl groups is 1. The van der Waals surface area contributed by atoms with Crippen LogP contribution in [0.5, 0.6) is 5.75 Å². The summed E-state index contributed by atoms with van der Waals surface area (Å²) in [6.07, 6.45) is 3.97. The second-order valence-corrected chi connectivity index (χ2v) is 13.6. The van der Waals surface area contributed by atoms with Crippen molar-refractivity contribution in [3.63, 3.8) is 0 Å². The van der Waals surface area contributed by atoms with Crippen LogP contribution in [-0.2, 0) is 29.4 Å². The lowest BCUT2D eigenvalue weighted by atomic mass is 9.49. The van der Waals surface area contributed by atoms with E-state index in [1.165, 1.54) is 9.80 Å². The highest BCUT2D eigenvalue weighted by atomic mass is 35.5. The van der Waals surface area contributed by atoms with Gasteiger partial charge in [0.05, 0.1) is 28.9 Å². The van der Waals surface area contributed by atoms with Crippen LogP contribution >= 0.6 is 11.6 Å². The van der Waals surface area contributed by atoms with Gasteiger partial charge in [0, 0.05) is 29.5 Å². The SMILES string of the molecule is O=C(O)CCCCCN1C(=O)C2CC=C3C(CC4C(=O)N(c5cccc(Cl)c5)C(=O)C4(c4ccccc4)C3c3ccccc3O)C2C1=O. The first-order chi connectivity index (χ1) is 23.2. The summed E-state index contributed by atoms with van der Waals surface area (Å²) >= 11 is 6.35. The summed E-state index contributed by atoms with van der Waals surface area (Å²) in [5.41, 5.74) is 0.765. The van der Waals surface area contributed by atoms with E-state index in [9.17, 15) is 24.3 Å². The molecule has 10 heteroatoms. The molecular formula is C38H35ClN2O7. The molecule has 2 saturated heterocycles. The van der Waals surface area contributed by atoms with Crippen molar-refractivity contribution in [2.24, 2.45) is 23.7 Å². The molecule has 7 rings (SSSR count). The quantitative estimate of drug-likeness (QED) is 0.166. The summed E-state index contributed by atoms with van der Waals surface area (Å²) in [4.78, 5) is 71.2. The van der Waals surface area contributed by atoms with Gasteiger partial charge in [-0.25, -0.2) is 4.90 Å². The Morgan fingerprint density at radius 3 is 2.33 bits per heavy atom. The number of imide groups is 2. The van der Waals surface area contributed by atoms with Crippen molar-refractivity contribution in [1.82, 2.24) is 4.90 Å². The van der Waals surface area contributed by atoms with Gasteiger partial charge in [0.25, 0.3) is 0 Å². The summed E-state index contributed by atoms with van der Waals surface area (Å²) in [7, 11) is 0. The average Bonchev–Trinajstić information content (AvgIpc) is 3.45. The predicted octanol–water partition coefficient (Wildman–Crippen LogP) is 5.85. The summed E-state index contributed by atoms with van der Waals surface area (Å²) in [5, 5.41) is 20.7. The Balaban J connectivity index is 1.36. The second kappa shape index (κ2) is 12.4. The maximum atomic E-state index is 15.2. The van der Waals surface area contributed by atoms with Crippen molar-refractivity contribution in [3.8, 4) is 5.75 Å². The van der Waals surface area contributed by atoms with Gasteiger partial charge in [-0.1, -0.05) is 84.3 Å². The van der Waals surface area contributed by atoms with Gasteiger partial charge in [-0.05, 0) is 61.4 Å². The molecule has 48 heavy (non-hydrogen) atoms. The molecule has 6 unspecified atom stereocenters. The fraction of sp³-hybridized carbons (Fsp3) is 0.342. The molecule has 2 aliphatic heterocycles. The Morgan fingerprint density at radius 1 is 0.854 bits per heavy atom. The van der Waals surface area contributed by atoms with Crippen molar-refractivity contribution >= 4 is 46.9 Å². The maximum Gasteiger partial charge on any atom is 0.303 e. The van der Waals surface area contributed by atoms with E-state index in [0.717, 1.165) is 5.57 Å². The zero-order valence-corrected chi connectivity index (χ0v) is 26.9. The number of carbonyl (C=O) groups is 5. The smallest absolute Gasteiger partial charge is 0.303 e. The summed E-state index contributed by atoms with van der Waals surface area (Å²) in [5.74, 6) is -5.89. The first-order valence-electron chi connectivity index (χ1n) is 16.4. The number of benzene rings is 3. The number of rotatable bonds is 9. The van der Waals surface area contributed by atoms with Gasteiger partial charge in [-0.3, -0.25) is 28.9 Å². The van der Waals surface area contributed by atoms with E-state index in [1.54, 1.807) is 48.5 Å². The number of hydrogen-bond donors (Lipinski definition) is 2. The first-order valence-corrected chi connectivity index (χ1v) is 16.8. The van der Waals surface area contributed by atoms with Crippen molar-refractivity contribution < 1.29 is 34.2 Å². The van der Waals surface area contributed by atoms with E-state index in [2.05, 4.69) is 0 Å². The van der Waals surface area contributed by atoms with Crippen LogP contribution in [0.15, 0.2) is 90.5 Å². The third-order valence-corrected chi connectivity index (χ3v) is 11.0. The lowest BCUT2D eigenvalue weighted by Crippen LogP contribution is -2.53. The number of phenols is 1. The Bertz CT molecular complexity index is 1860. The Labute approximate surface area is 282 Å². The molecule has 3 aromatic carbocycles. The molecule has 2 heterocycles. The van der Waals surface area contributed by atoms with Crippen LogP contribution in [0.25, 0.3) is 0 Å². The maximum absolute atomic E-state index is 15.2. The van der Waals surface area contributed by atoms with Gasteiger partial charge >= 0.3 is 5.97 Å². The number of fused-ring (bicyclic) bond motifs is 4. The highest BCUT2D eigenvalue weighted by Gasteiger charge is 2.70. The lowest BCUT2D eigenvalue weighted by molar-refractivity contribution is -0.141. The number of hydrogen-bond acceptors (Lipinski definition) is 6. The number of likely N-dealkylation sites (tertiary alicyclic amines) is 1. The van der Waals surface area contributed by atoms with E-state index >= 15 is 4.79 Å². The topological polar surface area (TPSA) is 132 Å². The Hall–Kier alpha value is -4.76. The van der Waals surface area contributed by atoms with Crippen LogP contribution in [-0.4, -0.2) is 51.3 Å². The Kier molecular flexibility index (Phi) is 8.19. The highest BCUT2D eigenvalue weighted by Crippen LogP contribution is 2.65. The van der Waals surface area contributed by atoms with Crippen molar-refractivity contribution in [2.75, 3.05) is 11.4 Å². The third-order valence-electron chi connectivity index (χ3n) is 10.8. The molecule has 0 spiro atoms. The molecule has 1 saturated carbocycles. The molecule has 3 fully saturated rings. The number of unbranched alkanes of at least 4 members (excludes halogenated alkanes) is 2. The summed E-state index contributed by atoms with van der Waals surface area (Å²) in [6, 6.07) is 22.6. The molecule has 6 atom stereocenters. The van der Waals surface area contributed by atoms with Gasteiger partial charge in [-0.2, -0.15) is 0 Å². The molecule has 2 N–H and O–H groups in total. The minimum absolute atomic E-state index is 0.0275. The van der Waals surface area contributed by atoms with E-state index in [4.69, 9.17) is 16.7 Å². The molecule has 0 bridgehead atoms. The average molecular weight is 667 g/mol. The number of phenolic OH excluding ortho intramolecular Hbond substituents is 1. The fourth-order valence-electron chi connectivity index (χ4n) is 8.83. The van der Waals surface area contributed by atoms with E-state index in [0.29, 0.717) is 41.1 Å². The van der Waals surface area contributed by atoms with Gasteiger partial charge < -0.3 is 10.2 Å². The lowest BCUT2D eigenvalue weighted by Gasteiger charge is -2.50. The highest BCUT2D eigenvalue weighted by molar-refractivity contribution is 6.32. The predicted molar refractivity (Wildman–Crippen MR) is 177 cm³/mol. The first kappa shape index (κ1) is 31.8. The summed E-state index contributed by atoms with van der Waals surface area (Å²) < 4.78 is 0. The van der Waals surface area contributed by atoms with Gasteiger partial charge in [0.15, 0.2) is 0 Å². The molecule has 0 radical (unpaired) electrons. The van der Waals surface area contributed by atoms with Crippen LogP contribution in [0, 0.1) is 23.7 Å². The fourth-order valence-corrected chi connectivity index (χ4v) is 9.01. The van der Waals surface area contributed by atoms with Crippen molar-refractivity contribution in [3.05, 3.63) is 107 Å².